The normalized spacial score (nSPS) is 13.3. The molecule has 0 bridgehead atoms. The molecule has 0 saturated heterocycles. The summed E-state index contributed by atoms with van der Waals surface area (Å²) in [7, 11) is 0. The smallest absolute Gasteiger partial charge is 0.255 e. The van der Waals surface area contributed by atoms with Crippen LogP contribution in [0.4, 0.5) is 0 Å². The van der Waals surface area contributed by atoms with E-state index in [0.717, 1.165) is 12.8 Å². The van der Waals surface area contributed by atoms with Crippen molar-refractivity contribution in [1.82, 2.24) is 0 Å². The zero-order valence-electron chi connectivity index (χ0n) is 10.5. The minimum atomic E-state index is -2.71. The molecule has 0 aliphatic carbocycles. The van der Waals surface area contributed by atoms with Crippen molar-refractivity contribution < 1.29 is 20.1 Å². The average molecular weight is 252 g/mol. The SMILES string of the molecule is CCCCCC(O)C(O)(O)C(=O)c1ccccc1. The molecule has 0 spiro atoms. The number of aliphatic hydroxyl groups is 3. The topological polar surface area (TPSA) is 77.8 Å². The van der Waals surface area contributed by atoms with Crippen LogP contribution in [-0.2, 0) is 0 Å². The molecule has 3 N–H and O–H groups in total. The first kappa shape index (κ1) is 14.8. The van der Waals surface area contributed by atoms with E-state index < -0.39 is 17.7 Å². The maximum atomic E-state index is 11.9. The third-order valence-corrected chi connectivity index (χ3v) is 2.92. The molecule has 18 heavy (non-hydrogen) atoms. The first-order valence-corrected chi connectivity index (χ1v) is 6.22. The first-order chi connectivity index (χ1) is 8.50. The van der Waals surface area contributed by atoms with Gasteiger partial charge in [-0.1, -0.05) is 56.5 Å². The van der Waals surface area contributed by atoms with Crippen LogP contribution in [-0.4, -0.2) is 33.0 Å². The van der Waals surface area contributed by atoms with Crippen molar-refractivity contribution in [1.29, 1.82) is 0 Å². The molecule has 0 aliphatic rings. The Bertz CT molecular complexity index is 373. The average Bonchev–Trinajstić information content (AvgIpc) is 2.39. The second-order valence-electron chi connectivity index (χ2n) is 4.43. The van der Waals surface area contributed by atoms with E-state index in [-0.39, 0.29) is 12.0 Å². The summed E-state index contributed by atoms with van der Waals surface area (Å²) in [4.78, 5) is 11.9. The fraction of sp³-hybridized carbons (Fsp3) is 0.500. The molecule has 0 fully saturated rings. The number of ketones is 1. The van der Waals surface area contributed by atoms with Gasteiger partial charge in [0.25, 0.3) is 5.79 Å². The molecule has 0 heterocycles. The third-order valence-electron chi connectivity index (χ3n) is 2.92. The van der Waals surface area contributed by atoms with E-state index in [9.17, 15) is 20.1 Å². The maximum Gasteiger partial charge on any atom is 0.255 e. The van der Waals surface area contributed by atoms with Crippen molar-refractivity contribution in [2.75, 3.05) is 0 Å². The van der Waals surface area contributed by atoms with Crippen LogP contribution in [0.2, 0.25) is 0 Å². The van der Waals surface area contributed by atoms with Crippen LogP contribution in [0.1, 0.15) is 43.0 Å². The molecule has 4 heteroatoms. The highest BCUT2D eigenvalue weighted by molar-refractivity contribution is 6.01. The highest BCUT2D eigenvalue weighted by Gasteiger charge is 2.41. The molecule has 1 atom stereocenters. The van der Waals surface area contributed by atoms with Crippen LogP contribution in [0.15, 0.2) is 30.3 Å². The zero-order valence-corrected chi connectivity index (χ0v) is 10.5. The van der Waals surface area contributed by atoms with E-state index in [4.69, 9.17) is 0 Å². The predicted molar refractivity (Wildman–Crippen MR) is 68.1 cm³/mol. The third kappa shape index (κ3) is 3.63. The molecular formula is C14H20O4. The molecule has 1 rings (SSSR count). The monoisotopic (exact) mass is 252 g/mol. The van der Waals surface area contributed by atoms with Crippen LogP contribution in [0, 0.1) is 0 Å². The van der Waals surface area contributed by atoms with Gasteiger partial charge in [-0.2, -0.15) is 0 Å². The van der Waals surface area contributed by atoms with Gasteiger partial charge < -0.3 is 15.3 Å². The highest BCUT2D eigenvalue weighted by Crippen LogP contribution is 2.19. The van der Waals surface area contributed by atoms with Crippen LogP contribution in [0.5, 0.6) is 0 Å². The van der Waals surface area contributed by atoms with Gasteiger partial charge in [0.2, 0.25) is 5.78 Å². The minimum Gasteiger partial charge on any atom is -0.387 e. The van der Waals surface area contributed by atoms with Crippen molar-refractivity contribution >= 4 is 5.78 Å². The number of hydrogen-bond donors (Lipinski definition) is 3. The van der Waals surface area contributed by atoms with Gasteiger partial charge in [0.05, 0.1) is 0 Å². The summed E-state index contributed by atoms with van der Waals surface area (Å²) in [6.45, 7) is 2.01. The largest absolute Gasteiger partial charge is 0.387 e. The number of carbonyl (C=O) groups excluding carboxylic acids is 1. The lowest BCUT2D eigenvalue weighted by atomic mass is 9.95. The summed E-state index contributed by atoms with van der Waals surface area (Å²) in [5.41, 5.74) is 0.178. The molecule has 1 aromatic carbocycles. The van der Waals surface area contributed by atoms with Crippen LogP contribution < -0.4 is 0 Å². The van der Waals surface area contributed by atoms with E-state index in [0.29, 0.717) is 6.42 Å². The molecule has 4 nitrogen and oxygen atoms in total. The molecule has 1 aromatic rings. The van der Waals surface area contributed by atoms with Crippen molar-refractivity contribution in [3.05, 3.63) is 35.9 Å². The first-order valence-electron chi connectivity index (χ1n) is 6.22. The quantitative estimate of drug-likeness (QED) is 0.390. The van der Waals surface area contributed by atoms with Crippen molar-refractivity contribution in [3.63, 3.8) is 0 Å². The number of carbonyl (C=O) groups is 1. The molecule has 0 saturated carbocycles. The molecule has 0 radical (unpaired) electrons. The maximum absolute atomic E-state index is 11.9. The summed E-state index contributed by atoms with van der Waals surface area (Å²) in [6, 6.07) is 7.97. The lowest BCUT2D eigenvalue weighted by Gasteiger charge is -2.26. The van der Waals surface area contributed by atoms with Crippen LogP contribution >= 0.6 is 0 Å². The number of rotatable bonds is 7. The van der Waals surface area contributed by atoms with Crippen LogP contribution in [0.25, 0.3) is 0 Å². The van der Waals surface area contributed by atoms with Gasteiger partial charge in [0.15, 0.2) is 0 Å². The Morgan fingerprint density at radius 2 is 1.83 bits per heavy atom. The minimum absolute atomic E-state index is 0.178. The van der Waals surface area contributed by atoms with Gasteiger partial charge in [-0.05, 0) is 6.42 Å². The van der Waals surface area contributed by atoms with Gasteiger partial charge >= 0.3 is 0 Å². The highest BCUT2D eigenvalue weighted by atomic mass is 16.5. The molecule has 100 valence electrons. The standard InChI is InChI=1S/C14H20O4/c1-2-3-5-10-12(15)14(17,18)13(16)11-8-6-4-7-9-11/h4,6-9,12,15,17-18H,2-3,5,10H2,1H3. The second-order valence-corrected chi connectivity index (χ2v) is 4.43. The fourth-order valence-corrected chi connectivity index (χ4v) is 1.74. The molecule has 1 unspecified atom stereocenters. The summed E-state index contributed by atoms with van der Waals surface area (Å²) in [6.07, 6.45) is 1.23. The van der Waals surface area contributed by atoms with E-state index in [1.165, 1.54) is 12.1 Å². The van der Waals surface area contributed by atoms with E-state index >= 15 is 0 Å². The number of benzene rings is 1. The number of Topliss-reactive ketones (excluding diaryl/α,β-unsaturated/α-hetero) is 1. The van der Waals surface area contributed by atoms with Gasteiger partial charge in [0, 0.05) is 5.56 Å². The lowest BCUT2D eigenvalue weighted by molar-refractivity contribution is -0.188. The lowest BCUT2D eigenvalue weighted by Crippen LogP contribution is -2.49. The molecule has 0 amide bonds. The Labute approximate surface area is 107 Å². The summed E-state index contributed by atoms with van der Waals surface area (Å²) in [5.74, 6) is -3.58. The van der Waals surface area contributed by atoms with Crippen LogP contribution in [0.3, 0.4) is 0 Å². The van der Waals surface area contributed by atoms with Gasteiger partial charge in [-0.25, -0.2) is 0 Å². The van der Waals surface area contributed by atoms with Gasteiger partial charge in [-0.3, -0.25) is 4.79 Å². The molecular weight excluding hydrogens is 232 g/mol. The Morgan fingerprint density at radius 3 is 2.39 bits per heavy atom. The predicted octanol–water partition coefficient (Wildman–Crippen LogP) is 1.49. The van der Waals surface area contributed by atoms with Gasteiger partial charge in [-0.15, -0.1) is 0 Å². The number of unbranched alkanes of at least 4 members (excludes halogenated alkanes) is 2. The fourth-order valence-electron chi connectivity index (χ4n) is 1.74. The summed E-state index contributed by atoms with van der Waals surface area (Å²) in [5, 5.41) is 29.2. The number of aliphatic hydroxyl groups excluding tert-OH is 1. The van der Waals surface area contributed by atoms with E-state index in [2.05, 4.69) is 0 Å². The van der Waals surface area contributed by atoms with Crippen molar-refractivity contribution in [2.45, 2.75) is 44.5 Å². The van der Waals surface area contributed by atoms with Crippen molar-refractivity contribution in [2.24, 2.45) is 0 Å². The van der Waals surface area contributed by atoms with Crippen molar-refractivity contribution in [3.8, 4) is 0 Å². The Morgan fingerprint density at radius 1 is 1.22 bits per heavy atom. The van der Waals surface area contributed by atoms with E-state index in [1.807, 2.05) is 6.92 Å². The summed E-state index contributed by atoms with van der Waals surface area (Å²) < 4.78 is 0. The summed E-state index contributed by atoms with van der Waals surface area (Å²) >= 11 is 0. The number of hydrogen-bond acceptors (Lipinski definition) is 4. The molecule has 0 aromatic heterocycles. The van der Waals surface area contributed by atoms with E-state index in [1.54, 1.807) is 18.2 Å². The Hall–Kier alpha value is -1.23. The Balaban J connectivity index is 2.70. The van der Waals surface area contributed by atoms with Gasteiger partial charge in [0.1, 0.15) is 6.10 Å². The second kappa shape index (κ2) is 6.64. The Kier molecular flexibility index (Phi) is 5.47. The zero-order chi connectivity index (χ0) is 13.6. The molecule has 0 aliphatic heterocycles.